The highest BCUT2D eigenvalue weighted by Crippen LogP contribution is 2.49. The average molecular weight is 492 g/mol. The van der Waals surface area contributed by atoms with Crippen molar-refractivity contribution in [2.75, 3.05) is 26.2 Å². The second-order valence-electron chi connectivity index (χ2n) is 10.2. The molecule has 190 valence electrons. The fourth-order valence-corrected chi connectivity index (χ4v) is 5.69. The van der Waals surface area contributed by atoms with Crippen molar-refractivity contribution in [1.82, 2.24) is 20.4 Å². The highest BCUT2D eigenvalue weighted by Gasteiger charge is 2.61. The van der Waals surface area contributed by atoms with E-state index >= 15 is 0 Å². The largest absolute Gasteiger partial charge is 0.403 e. The first-order chi connectivity index (χ1) is 16.0. The highest BCUT2D eigenvalue weighted by molar-refractivity contribution is 5.82. The Morgan fingerprint density at radius 1 is 1.03 bits per heavy atom. The Hall–Kier alpha value is -1.82. The molecule has 4 heterocycles. The van der Waals surface area contributed by atoms with Gasteiger partial charge in [-0.1, -0.05) is 5.16 Å². The fourth-order valence-electron chi connectivity index (χ4n) is 5.69. The molecule has 34 heavy (non-hydrogen) atoms. The summed E-state index contributed by atoms with van der Waals surface area (Å²) in [5, 5.41) is 6.95. The molecule has 3 aliphatic heterocycles. The molecule has 0 radical (unpaired) electrons. The summed E-state index contributed by atoms with van der Waals surface area (Å²) in [7, 11) is 0. The van der Waals surface area contributed by atoms with Gasteiger partial charge in [0.1, 0.15) is 5.41 Å². The number of alkyl halides is 5. The number of halogens is 5. The maximum absolute atomic E-state index is 14.3. The number of amides is 1. The van der Waals surface area contributed by atoms with Crippen LogP contribution in [0.2, 0.25) is 0 Å². The summed E-state index contributed by atoms with van der Waals surface area (Å²) in [6.07, 6.45) is -3.59. The zero-order chi connectivity index (χ0) is 24.2. The lowest BCUT2D eigenvalue weighted by molar-refractivity contribution is -0.211. The molecule has 2 atom stereocenters. The summed E-state index contributed by atoms with van der Waals surface area (Å²) < 4.78 is 80.5. The Morgan fingerprint density at radius 2 is 1.71 bits per heavy atom. The van der Waals surface area contributed by atoms with Crippen molar-refractivity contribution in [3.8, 4) is 0 Å². The van der Waals surface area contributed by atoms with Crippen LogP contribution in [0.5, 0.6) is 0 Å². The number of hydrogen-bond acceptors (Lipinski definition) is 6. The van der Waals surface area contributed by atoms with Crippen molar-refractivity contribution in [3.05, 3.63) is 11.7 Å². The van der Waals surface area contributed by atoms with Gasteiger partial charge >= 0.3 is 6.18 Å². The number of hydrogen-bond donors (Lipinski definition) is 1. The standard InChI is InChI=1S/C22H29F5N4O3/c23-21(24)5-1-14(2-6-21)16-29-18(34-30-16)20(22(25,26)27)7-10-31(11-8-20)17(32)15-3-4-19(13-28-15)9-12-33-19/h14-15,28H,1-13H2/t15-,19+/m0/s1. The summed E-state index contributed by atoms with van der Waals surface area (Å²) in [5.41, 5.74) is -2.54. The number of piperidine rings is 2. The van der Waals surface area contributed by atoms with E-state index in [0.29, 0.717) is 13.0 Å². The van der Waals surface area contributed by atoms with E-state index in [1.54, 1.807) is 0 Å². The molecular formula is C22H29F5N4O3. The van der Waals surface area contributed by atoms with Crippen LogP contribution in [0.1, 0.15) is 75.4 Å². The van der Waals surface area contributed by atoms with E-state index < -0.39 is 35.4 Å². The number of carbonyl (C=O) groups excluding carboxylic acids is 1. The van der Waals surface area contributed by atoms with Crippen LogP contribution >= 0.6 is 0 Å². The molecule has 1 N–H and O–H groups in total. The molecule has 0 bridgehead atoms. The minimum atomic E-state index is -4.65. The van der Waals surface area contributed by atoms with Crippen LogP contribution in [0.25, 0.3) is 0 Å². The number of nitrogens with one attached hydrogen (secondary N) is 1. The Balaban J connectivity index is 1.25. The third kappa shape index (κ3) is 4.20. The van der Waals surface area contributed by atoms with Gasteiger partial charge in [0.05, 0.1) is 18.2 Å². The number of rotatable bonds is 3. The number of nitrogens with zero attached hydrogens (tertiary/aromatic N) is 3. The lowest BCUT2D eigenvalue weighted by Gasteiger charge is -2.47. The van der Waals surface area contributed by atoms with Gasteiger partial charge in [-0.3, -0.25) is 4.79 Å². The summed E-state index contributed by atoms with van der Waals surface area (Å²) in [6.45, 7) is 1.13. The van der Waals surface area contributed by atoms with Crippen molar-refractivity contribution in [1.29, 1.82) is 0 Å². The Labute approximate surface area is 193 Å². The molecule has 5 rings (SSSR count). The van der Waals surface area contributed by atoms with E-state index in [2.05, 4.69) is 15.5 Å². The van der Waals surface area contributed by atoms with E-state index in [-0.39, 0.29) is 68.9 Å². The van der Waals surface area contributed by atoms with Gasteiger partial charge in [0.2, 0.25) is 17.7 Å². The van der Waals surface area contributed by atoms with Crippen LogP contribution in [0.4, 0.5) is 22.0 Å². The molecule has 0 unspecified atom stereocenters. The minimum Gasteiger partial charge on any atom is -0.373 e. The van der Waals surface area contributed by atoms with Gasteiger partial charge in [0.15, 0.2) is 5.82 Å². The summed E-state index contributed by atoms with van der Waals surface area (Å²) in [5.74, 6) is -3.86. The molecule has 7 nitrogen and oxygen atoms in total. The smallest absolute Gasteiger partial charge is 0.373 e. The number of ether oxygens (including phenoxy) is 1. The molecule has 0 aromatic carbocycles. The summed E-state index contributed by atoms with van der Waals surface area (Å²) >= 11 is 0. The predicted octanol–water partition coefficient (Wildman–Crippen LogP) is 3.70. The first-order valence-electron chi connectivity index (χ1n) is 12.0. The summed E-state index contributed by atoms with van der Waals surface area (Å²) in [4.78, 5) is 18.5. The van der Waals surface area contributed by atoms with E-state index in [9.17, 15) is 26.7 Å². The number of aromatic nitrogens is 2. The first kappa shape index (κ1) is 23.9. The maximum atomic E-state index is 14.3. The second-order valence-corrected chi connectivity index (χ2v) is 10.2. The zero-order valence-corrected chi connectivity index (χ0v) is 18.8. The Bertz CT molecular complexity index is 889. The fraction of sp³-hybridized carbons (Fsp3) is 0.864. The second kappa shape index (κ2) is 8.39. The van der Waals surface area contributed by atoms with Gasteiger partial charge < -0.3 is 19.5 Å². The van der Waals surface area contributed by atoms with Crippen molar-refractivity contribution in [2.24, 2.45) is 0 Å². The topological polar surface area (TPSA) is 80.5 Å². The number of carbonyl (C=O) groups is 1. The van der Waals surface area contributed by atoms with Gasteiger partial charge in [-0.25, -0.2) is 8.78 Å². The molecule has 1 saturated carbocycles. The molecule has 4 aliphatic rings. The lowest BCUT2D eigenvalue weighted by atomic mass is 9.77. The van der Waals surface area contributed by atoms with Crippen molar-refractivity contribution >= 4 is 5.91 Å². The van der Waals surface area contributed by atoms with Crippen LogP contribution in [-0.2, 0) is 14.9 Å². The monoisotopic (exact) mass is 492 g/mol. The molecule has 12 heteroatoms. The SMILES string of the molecule is O=C([C@@H]1CC[C@@]2(CCO2)CN1)N1CCC(c2nc(C3CCC(F)(F)CC3)no2)(C(F)(F)F)CC1. The Morgan fingerprint density at radius 3 is 2.24 bits per heavy atom. The molecule has 1 aliphatic carbocycles. The molecule has 1 aromatic heterocycles. The van der Waals surface area contributed by atoms with Crippen LogP contribution in [0.3, 0.4) is 0 Å². The van der Waals surface area contributed by atoms with Gasteiger partial charge in [0, 0.05) is 44.8 Å². The van der Waals surface area contributed by atoms with E-state index in [1.165, 1.54) is 4.90 Å². The molecule has 4 fully saturated rings. The van der Waals surface area contributed by atoms with E-state index in [1.807, 2.05) is 0 Å². The molecular weight excluding hydrogens is 463 g/mol. The lowest BCUT2D eigenvalue weighted by Crippen LogP contribution is -2.62. The van der Waals surface area contributed by atoms with Crippen LogP contribution in [0.15, 0.2) is 4.52 Å². The Kier molecular flexibility index (Phi) is 5.90. The normalized spacial score (nSPS) is 31.9. The molecule has 1 aromatic rings. The molecule has 3 saturated heterocycles. The van der Waals surface area contributed by atoms with Crippen LogP contribution in [-0.4, -0.2) is 70.9 Å². The predicted molar refractivity (Wildman–Crippen MR) is 108 cm³/mol. The molecule has 1 spiro atoms. The van der Waals surface area contributed by atoms with Crippen LogP contribution in [0, 0.1) is 0 Å². The zero-order valence-electron chi connectivity index (χ0n) is 18.8. The van der Waals surface area contributed by atoms with Crippen LogP contribution < -0.4 is 5.32 Å². The number of likely N-dealkylation sites (tertiary alicyclic amines) is 1. The minimum absolute atomic E-state index is 0.0613. The van der Waals surface area contributed by atoms with Crippen molar-refractivity contribution in [3.63, 3.8) is 0 Å². The van der Waals surface area contributed by atoms with E-state index in [4.69, 9.17) is 9.26 Å². The van der Waals surface area contributed by atoms with Gasteiger partial charge in [-0.2, -0.15) is 18.2 Å². The average Bonchev–Trinajstić information content (AvgIpc) is 3.27. The van der Waals surface area contributed by atoms with Gasteiger partial charge in [0.25, 0.3) is 0 Å². The van der Waals surface area contributed by atoms with Crippen molar-refractivity contribution in [2.45, 2.75) is 92.9 Å². The molecule has 1 amide bonds. The quantitative estimate of drug-likeness (QED) is 0.649. The van der Waals surface area contributed by atoms with Crippen molar-refractivity contribution < 1.29 is 36.0 Å². The third-order valence-electron chi connectivity index (χ3n) is 8.23. The first-order valence-corrected chi connectivity index (χ1v) is 12.0. The maximum Gasteiger partial charge on any atom is 0.403 e. The van der Waals surface area contributed by atoms with Gasteiger partial charge in [-0.15, -0.1) is 0 Å². The third-order valence-corrected chi connectivity index (χ3v) is 8.23. The highest BCUT2D eigenvalue weighted by atomic mass is 19.4. The summed E-state index contributed by atoms with van der Waals surface area (Å²) in [6, 6.07) is -0.423. The van der Waals surface area contributed by atoms with E-state index in [0.717, 1.165) is 19.4 Å². The van der Waals surface area contributed by atoms with Gasteiger partial charge in [-0.05, 0) is 38.5 Å².